The highest BCUT2D eigenvalue weighted by Crippen LogP contribution is 2.22. The first-order valence-corrected chi connectivity index (χ1v) is 8.92. The maximum absolute atomic E-state index is 12.7. The number of nitrogens with zero attached hydrogens (tertiary/aromatic N) is 4. The first-order chi connectivity index (χ1) is 11.7. The van der Waals surface area contributed by atoms with Crippen molar-refractivity contribution in [2.24, 2.45) is 0 Å². The van der Waals surface area contributed by atoms with Crippen LogP contribution in [0.4, 0.5) is 0 Å². The van der Waals surface area contributed by atoms with Crippen molar-refractivity contribution < 1.29 is 4.79 Å². The van der Waals surface area contributed by atoms with Gasteiger partial charge in [0, 0.05) is 43.6 Å². The molecule has 0 bridgehead atoms. The third kappa shape index (κ3) is 4.43. The zero-order valence-electron chi connectivity index (χ0n) is 14.4. The number of piperidine rings is 1. The molecule has 1 aliphatic heterocycles. The van der Waals surface area contributed by atoms with Crippen LogP contribution in [0.5, 0.6) is 0 Å². The lowest BCUT2D eigenvalue weighted by Crippen LogP contribution is -2.44. The Morgan fingerprint density at radius 1 is 1.29 bits per heavy atom. The van der Waals surface area contributed by atoms with Crippen molar-refractivity contribution in [3.8, 4) is 0 Å². The Morgan fingerprint density at radius 2 is 2.21 bits per heavy atom. The molecule has 0 saturated carbocycles. The molecular formula is C19H26N4O. The summed E-state index contributed by atoms with van der Waals surface area (Å²) in [4.78, 5) is 19.2. The minimum absolute atomic E-state index is 0.258. The number of aromatic nitrogens is 3. The van der Waals surface area contributed by atoms with E-state index in [1.807, 2.05) is 42.2 Å². The molecule has 1 saturated heterocycles. The van der Waals surface area contributed by atoms with Crippen LogP contribution in [0.2, 0.25) is 0 Å². The van der Waals surface area contributed by atoms with Crippen LogP contribution in [-0.2, 0) is 17.8 Å². The Kier molecular flexibility index (Phi) is 5.62. The quantitative estimate of drug-likeness (QED) is 0.820. The average molecular weight is 326 g/mol. The molecule has 0 N–H and O–H groups in total. The van der Waals surface area contributed by atoms with Crippen LogP contribution < -0.4 is 0 Å². The first-order valence-electron chi connectivity index (χ1n) is 8.92. The Bertz CT molecular complexity index is 652. The van der Waals surface area contributed by atoms with Crippen molar-refractivity contribution in [3.05, 3.63) is 48.0 Å². The monoisotopic (exact) mass is 326 g/mol. The number of hydrogen-bond donors (Lipinski definition) is 0. The maximum Gasteiger partial charge on any atom is 0.224 e. The summed E-state index contributed by atoms with van der Waals surface area (Å²) in [5, 5.41) is 4.36. The molecule has 5 heteroatoms. The molecule has 1 unspecified atom stereocenters. The van der Waals surface area contributed by atoms with Crippen LogP contribution in [0.15, 0.2) is 36.7 Å². The molecule has 0 radical (unpaired) electrons. The van der Waals surface area contributed by atoms with Gasteiger partial charge in [0.05, 0.1) is 5.69 Å². The fourth-order valence-electron chi connectivity index (χ4n) is 3.43. The van der Waals surface area contributed by atoms with Gasteiger partial charge in [-0.15, -0.1) is 0 Å². The van der Waals surface area contributed by atoms with Crippen LogP contribution >= 0.6 is 0 Å². The predicted molar refractivity (Wildman–Crippen MR) is 93.5 cm³/mol. The van der Waals surface area contributed by atoms with Crippen LogP contribution in [-0.4, -0.2) is 38.2 Å². The van der Waals surface area contributed by atoms with Gasteiger partial charge in [-0.1, -0.05) is 6.07 Å². The molecule has 1 fully saturated rings. The summed E-state index contributed by atoms with van der Waals surface area (Å²) in [6.07, 6.45) is 9.70. The van der Waals surface area contributed by atoms with Gasteiger partial charge in [0.2, 0.25) is 5.91 Å². The van der Waals surface area contributed by atoms with Crippen LogP contribution in [0.3, 0.4) is 0 Å². The number of pyridine rings is 1. The molecule has 2 aromatic rings. The van der Waals surface area contributed by atoms with Crippen molar-refractivity contribution in [1.29, 1.82) is 0 Å². The Hall–Kier alpha value is -2.17. The lowest BCUT2D eigenvalue weighted by atomic mass is 9.96. The Balaban J connectivity index is 1.54. The van der Waals surface area contributed by atoms with Gasteiger partial charge in [-0.25, -0.2) is 0 Å². The van der Waals surface area contributed by atoms with E-state index in [1.54, 1.807) is 0 Å². The zero-order chi connectivity index (χ0) is 16.8. The minimum atomic E-state index is 0.258. The summed E-state index contributed by atoms with van der Waals surface area (Å²) in [6, 6.07) is 8.36. The van der Waals surface area contributed by atoms with E-state index in [2.05, 4.69) is 21.0 Å². The molecule has 3 rings (SSSR count). The highest BCUT2D eigenvalue weighted by molar-refractivity contribution is 5.76. The largest absolute Gasteiger partial charge is 0.340 e. The molecule has 0 spiro atoms. The van der Waals surface area contributed by atoms with E-state index in [0.717, 1.165) is 43.6 Å². The Morgan fingerprint density at radius 3 is 2.96 bits per heavy atom. The fourth-order valence-corrected chi connectivity index (χ4v) is 3.43. The molecule has 24 heavy (non-hydrogen) atoms. The van der Waals surface area contributed by atoms with Crippen LogP contribution in [0.25, 0.3) is 0 Å². The molecule has 5 nitrogen and oxygen atoms in total. The highest BCUT2D eigenvalue weighted by atomic mass is 16.2. The van der Waals surface area contributed by atoms with Gasteiger partial charge in [0.1, 0.15) is 0 Å². The lowest BCUT2D eigenvalue weighted by Gasteiger charge is -2.36. The maximum atomic E-state index is 12.7. The van der Waals surface area contributed by atoms with Gasteiger partial charge in [-0.05, 0) is 57.2 Å². The third-order valence-corrected chi connectivity index (χ3v) is 4.74. The van der Waals surface area contributed by atoms with Crippen molar-refractivity contribution in [1.82, 2.24) is 19.7 Å². The topological polar surface area (TPSA) is 51.0 Å². The number of aryl methyl sites for hydroxylation is 3. The number of rotatable bonds is 6. The lowest BCUT2D eigenvalue weighted by molar-refractivity contribution is -0.135. The normalized spacial score (nSPS) is 17.9. The summed E-state index contributed by atoms with van der Waals surface area (Å²) in [7, 11) is 0. The van der Waals surface area contributed by atoms with Gasteiger partial charge in [-0.2, -0.15) is 5.10 Å². The number of amides is 1. The summed E-state index contributed by atoms with van der Waals surface area (Å²) in [5.41, 5.74) is 2.11. The Labute approximate surface area is 143 Å². The van der Waals surface area contributed by atoms with E-state index in [1.165, 1.54) is 6.42 Å². The average Bonchev–Trinajstić information content (AvgIpc) is 3.04. The van der Waals surface area contributed by atoms with E-state index in [4.69, 9.17) is 0 Å². The second-order valence-electron chi connectivity index (χ2n) is 6.57. The molecule has 1 amide bonds. The number of carbonyl (C=O) groups excluding carboxylic acids is 1. The molecule has 1 atom stereocenters. The molecule has 128 valence electrons. The smallest absolute Gasteiger partial charge is 0.224 e. The summed E-state index contributed by atoms with van der Waals surface area (Å²) in [5.74, 6) is 0.258. The molecule has 0 aromatic carbocycles. The SMILES string of the molecule is Cc1ccn(CCC(=O)N2CCCCC2CCc2ccccn2)n1. The first kappa shape index (κ1) is 16.7. The van der Waals surface area contributed by atoms with Gasteiger partial charge in [0.15, 0.2) is 0 Å². The van der Waals surface area contributed by atoms with Gasteiger partial charge in [0.25, 0.3) is 0 Å². The molecule has 2 aromatic heterocycles. The summed E-state index contributed by atoms with van der Waals surface area (Å²) in [6.45, 7) is 3.52. The van der Waals surface area contributed by atoms with E-state index in [0.29, 0.717) is 19.0 Å². The molecule has 0 aliphatic carbocycles. The summed E-state index contributed by atoms with van der Waals surface area (Å²) < 4.78 is 1.86. The molecule has 3 heterocycles. The van der Waals surface area contributed by atoms with Gasteiger partial charge >= 0.3 is 0 Å². The van der Waals surface area contributed by atoms with E-state index < -0.39 is 0 Å². The van der Waals surface area contributed by atoms with Crippen molar-refractivity contribution >= 4 is 5.91 Å². The van der Waals surface area contributed by atoms with Crippen LogP contribution in [0.1, 0.15) is 43.5 Å². The summed E-state index contributed by atoms with van der Waals surface area (Å²) >= 11 is 0. The number of hydrogen-bond acceptors (Lipinski definition) is 3. The number of likely N-dealkylation sites (tertiary alicyclic amines) is 1. The van der Waals surface area contributed by atoms with E-state index in [-0.39, 0.29) is 5.91 Å². The zero-order valence-corrected chi connectivity index (χ0v) is 14.4. The molecule has 1 aliphatic rings. The minimum Gasteiger partial charge on any atom is -0.340 e. The fraction of sp³-hybridized carbons (Fsp3) is 0.526. The highest BCUT2D eigenvalue weighted by Gasteiger charge is 2.26. The van der Waals surface area contributed by atoms with Crippen molar-refractivity contribution in [3.63, 3.8) is 0 Å². The van der Waals surface area contributed by atoms with Crippen molar-refractivity contribution in [2.75, 3.05) is 6.54 Å². The van der Waals surface area contributed by atoms with E-state index in [9.17, 15) is 4.79 Å². The second-order valence-corrected chi connectivity index (χ2v) is 6.57. The van der Waals surface area contributed by atoms with Crippen LogP contribution in [0, 0.1) is 6.92 Å². The van der Waals surface area contributed by atoms with E-state index >= 15 is 0 Å². The van der Waals surface area contributed by atoms with Gasteiger partial charge < -0.3 is 4.90 Å². The number of carbonyl (C=O) groups is 1. The predicted octanol–water partition coefficient (Wildman–Crippen LogP) is 2.99. The standard InChI is InChI=1S/C19H26N4O/c1-16-10-14-22(21-16)15-11-19(24)23-13-5-3-7-18(23)9-8-17-6-2-4-12-20-17/h2,4,6,10,12,14,18H,3,5,7-9,11,13,15H2,1H3. The third-order valence-electron chi connectivity index (χ3n) is 4.74. The second kappa shape index (κ2) is 8.08. The molecular weight excluding hydrogens is 300 g/mol. The van der Waals surface area contributed by atoms with Crippen molar-refractivity contribution in [2.45, 2.75) is 58.0 Å². The van der Waals surface area contributed by atoms with Gasteiger partial charge in [-0.3, -0.25) is 14.5 Å².